The van der Waals surface area contributed by atoms with Crippen LogP contribution in [-0.4, -0.2) is 11.9 Å². The van der Waals surface area contributed by atoms with E-state index in [9.17, 15) is 9.59 Å². The Labute approximate surface area is 115 Å². The largest absolute Gasteiger partial charge is 0.386 e. The summed E-state index contributed by atoms with van der Waals surface area (Å²) < 4.78 is 4.65. The Morgan fingerprint density at radius 1 is 0.800 bits per heavy atom. The smallest absolute Gasteiger partial charge is 0.343 e. The van der Waals surface area contributed by atoms with Crippen LogP contribution in [0.2, 0.25) is 0 Å². The summed E-state index contributed by atoms with van der Waals surface area (Å²) in [4.78, 5) is 23.2. The number of carbonyl (C=O) groups is 2. The lowest BCUT2D eigenvalue weighted by atomic mass is 9.89. The fourth-order valence-electron chi connectivity index (χ4n) is 3.06. The van der Waals surface area contributed by atoms with Crippen molar-refractivity contribution in [3.8, 4) is 11.1 Å². The van der Waals surface area contributed by atoms with Crippen LogP contribution in [-0.2, 0) is 14.3 Å². The first kappa shape index (κ1) is 11.2. The zero-order valence-corrected chi connectivity index (χ0v) is 10.5. The molecular formula is C17H10O3. The molecule has 0 radical (unpaired) electrons. The van der Waals surface area contributed by atoms with Gasteiger partial charge in [-0.1, -0.05) is 48.5 Å². The molecule has 1 aliphatic carbocycles. The van der Waals surface area contributed by atoms with Crippen LogP contribution in [0.5, 0.6) is 0 Å². The summed E-state index contributed by atoms with van der Waals surface area (Å²) in [6, 6.07) is 15.9. The molecule has 0 atom stereocenters. The lowest BCUT2D eigenvalue weighted by Gasteiger charge is -2.12. The zero-order chi connectivity index (χ0) is 13.7. The van der Waals surface area contributed by atoms with Crippen molar-refractivity contribution in [2.45, 2.75) is 5.92 Å². The minimum atomic E-state index is -0.577. The van der Waals surface area contributed by atoms with E-state index in [2.05, 4.69) is 4.74 Å². The van der Waals surface area contributed by atoms with Gasteiger partial charge >= 0.3 is 11.9 Å². The molecule has 0 fully saturated rings. The Kier molecular flexibility index (Phi) is 2.18. The molecule has 20 heavy (non-hydrogen) atoms. The van der Waals surface area contributed by atoms with Gasteiger partial charge in [-0.15, -0.1) is 0 Å². The van der Waals surface area contributed by atoms with Crippen LogP contribution in [0.3, 0.4) is 0 Å². The fraction of sp³-hybridized carbons (Fsp3) is 0.0588. The number of hydrogen-bond donors (Lipinski definition) is 0. The number of ether oxygens (including phenoxy) is 1. The third kappa shape index (κ3) is 1.40. The van der Waals surface area contributed by atoms with E-state index in [1.807, 2.05) is 48.5 Å². The van der Waals surface area contributed by atoms with Crippen LogP contribution in [0.15, 0.2) is 60.2 Å². The molecule has 3 heteroatoms. The Morgan fingerprint density at radius 3 is 1.85 bits per heavy atom. The van der Waals surface area contributed by atoms with Gasteiger partial charge in [0.15, 0.2) is 0 Å². The Bertz CT molecular complexity index is 741. The predicted molar refractivity (Wildman–Crippen MR) is 72.9 cm³/mol. The second kappa shape index (κ2) is 3.90. The van der Waals surface area contributed by atoms with Crippen LogP contribution in [0.25, 0.3) is 11.1 Å². The molecule has 2 aromatic carbocycles. The van der Waals surface area contributed by atoms with Gasteiger partial charge in [0.1, 0.15) is 0 Å². The molecule has 2 aliphatic rings. The lowest BCUT2D eigenvalue weighted by Crippen LogP contribution is -2.09. The van der Waals surface area contributed by atoms with Crippen molar-refractivity contribution in [3.05, 3.63) is 71.3 Å². The van der Waals surface area contributed by atoms with E-state index < -0.39 is 11.9 Å². The molecule has 0 saturated carbocycles. The van der Waals surface area contributed by atoms with Crippen LogP contribution >= 0.6 is 0 Å². The van der Waals surface area contributed by atoms with E-state index in [0.29, 0.717) is 5.57 Å². The average molecular weight is 262 g/mol. The second-order valence-corrected chi connectivity index (χ2v) is 4.92. The maximum absolute atomic E-state index is 11.9. The van der Waals surface area contributed by atoms with Crippen molar-refractivity contribution in [1.82, 2.24) is 0 Å². The molecule has 0 amide bonds. The van der Waals surface area contributed by atoms with Crippen molar-refractivity contribution in [2.75, 3.05) is 0 Å². The highest BCUT2D eigenvalue weighted by Crippen LogP contribution is 2.48. The summed E-state index contributed by atoms with van der Waals surface area (Å²) in [6.07, 6.45) is 1.31. The lowest BCUT2D eigenvalue weighted by molar-refractivity contribution is -0.150. The first-order valence-electron chi connectivity index (χ1n) is 6.41. The number of fused-ring (bicyclic) bond motifs is 3. The summed E-state index contributed by atoms with van der Waals surface area (Å²) in [5, 5.41) is 0. The number of carbonyl (C=O) groups excluding carboxylic acids is 2. The SMILES string of the molecule is O=C1C=C(C2c3ccccc3-c3ccccc32)C(=O)O1. The molecule has 3 nitrogen and oxygen atoms in total. The Balaban J connectivity index is 1.99. The Hall–Kier alpha value is -2.68. The molecule has 96 valence electrons. The van der Waals surface area contributed by atoms with Crippen molar-refractivity contribution < 1.29 is 14.3 Å². The van der Waals surface area contributed by atoms with E-state index >= 15 is 0 Å². The average Bonchev–Trinajstić information content (AvgIpc) is 2.96. The number of rotatable bonds is 1. The molecule has 0 N–H and O–H groups in total. The zero-order valence-electron chi connectivity index (χ0n) is 10.5. The molecular weight excluding hydrogens is 252 g/mol. The predicted octanol–water partition coefficient (Wildman–Crippen LogP) is 2.81. The van der Waals surface area contributed by atoms with Gasteiger partial charge in [0.05, 0.1) is 5.57 Å². The highest BCUT2D eigenvalue weighted by atomic mass is 16.6. The first-order valence-corrected chi connectivity index (χ1v) is 6.41. The quantitative estimate of drug-likeness (QED) is 0.586. The van der Waals surface area contributed by atoms with Gasteiger partial charge in [-0.05, 0) is 22.3 Å². The maximum atomic E-state index is 11.9. The van der Waals surface area contributed by atoms with Crippen molar-refractivity contribution >= 4 is 11.9 Å². The number of benzene rings is 2. The standard InChI is InChI=1S/C17H10O3/c18-15-9-14(17(19)20-15)16-12-7-3-1-5-10(12)11-6-2-4-8-13(11)16/h1-9,16H. The summed E-state index contributed by atoms with van der Waals surface area (Å²) in [6.45, 7) is 0. The van der Waals surface area contributed by atoms with Gasteiger partial charge in [0.2, 0.25) is 0 Å². The summed E-state index contributed by atoms with van der Waals surface area (Å²) >= 11 is 0. The second-order valence-electron chi connectivity index (χ2n) is 4.92. The molecule has 1 aliphatic heterocycles. The van der Waals surface area contributed by atoms with Crippen molar-refractivity contribution in [1.29, 1.82) is 0 Å². The fourth-order valence-corrected chi connectivity index (χ4v) is 3.06. The molecule has 2 aromatic rings. The number of hydrogen-bond acceptors (Lipinski definition) is 3. The van der Waals surface area contributed by atoms with Crippen LogP contribution in [0.1, 0.15) is 17.0 Å². The van der Waals surface area contributed by atoms with Gasteiger partial charge < -0.3 is 4.74 Å². The van der Waals surface area contributed by atoms with Crippen LogP contribution in [0, 0.1) is 0 Å². The summed E-state index contributed by atoms with van der Waals surface area (Å²) in [7, 11) is 0. The monoisotopic (exact) mass is 262 g/mol. The highest BCUT2D eigenvalue weighted by Gasteiger charge is 2.38. The third-order valence-electron chi connectivity index (χ3n) is 3.85. The van der Waals surface area contributed by atoms with Gasteiger partial charge in [-0.3, -0.25) is 0 Å². The van der Waals surface area contributed by atoms with E-state index in [-0.39, 0.29) is 5.92 Å². The normalized spacial score (nSPS) is 16.7. The minimum Gasteiger partial charge on any atom is -0.386 e. The topological polar surface area (TPSA) is 43.4 Å². The maximum Gasteiger partial charge on any atom is 0.343 e. The third-order valence-corrected chi connectivity index (χ3v) is 3.85. The van der Waals surface area contributed by atoms with Gasteiger partial charge in [-0.25, -0.2) is 9.59 Å². The molecule has 0 aromatic heterocycles. The van der Waals surface area contributed by atoms with E-state index in [4.69, 9.17) is 0 Å². The van der Waals surface area contributed by atoms with Gasteiger partial charge in [0, 0.05) is 12.0 Å². The van der Waals surface area contributed by atoms with Crippen molar-refractivity contribution in [3.63, 3.8) is 0 Å². The van der Waals surface area contributed by atoms with Crippen LogP contribution in [0.4, 0.5) is 0 Å². The summed E-state index contributed by atoms with van der Waals surface area (Å²) in [5.41, 5.74) is 4.74. The van der Waals surface area contributed by atoms with Gasteiger partial charge in [0.25, 0.3) is 0 Å². The highest BCUT2D eigenvalue weighted by molar-refractivity contribution is 6.11. The van der Waals surface area contributed by atoms with Gasteiger partial charge in [-0.2, -0.15) is 0 Å². The van der Waals surface area contributed by atoms with E-state index in [1.165, 1.54) is 6.08 Å². The number of cyclic esters (lactones) is 2. The Morgan fingerprint density at radius 2 is 1.35 bits per heavy atom. The molecule has 1 heterocycles. The molecule has 0 saturated heterocycles. The molecule has 0 spiro atoms. The number of esters is 2. The molecule has 0 bridgehead atoms. The first-order chi connectivity index (χ1) is 9.75. The summed E-state index contributed by atoms with van der Waals surface area (Å²) in [5.74, 6) is -1.32. The van der Waals surface area contributed by atoms with Crippen LogP contribution < -0.4 is 0 Å². The molecule has 4 rings (SSSR count). The van der Waals surface area contributed by atoms with E-state index in [1.54, 1.807) is 0 Å². The van der Waals surface area contributed by atoms with E-state index in [0.717, 1.165) is 22.3 Å². The van der Waals surface area contributed by atoms with Crippen molar-refractivity contribution in [2.24, 2.45) is 0 Å². The minimum absolute atomic E-state index is 0.207. The molecule has 0 unspecified atom stereocenters.